The average molecular weight is 549 g/mol. The minimum atomic E-state index is 0. The van der Waals surface area contributed by atoms with Crippen molar-refractivity contribution in [2.75, 3.05) is 13.1 Å². The molecule has 0 amide bonds. The van der Waals surface area contributed by atoms with Crippen molar-refractivity contribution >= 4 is 45.9 Å². The van der Waals surface area contributed by atoms with Gasteiger partial charge in [0, 0.05) is 30.5 Å². The first-order chi connectivity index (χ1) is 12.5. The van der Waals surface area contributed by atoms with Crippen LogP contribution in [0.25, 0.3) is 0 Å². The monoisotopic (exact) mass is 548 g/mol. The van der Waals surface area contributed by atoms with Crippen molar-refractivity contribution in [1.82, 2.24) is 25.4 Å². The second-order valence-electron chi connectivity index (χ2n) is 6.69. The summed E-state index contributed by atoms with van der Waals surface area (Å²) in [6.45, 7) is 10.9. The fraction of sp³-hybridized carbons (Fsp3) is 0.526. The van der Waals surface area contributed by atoms with Crippen LogP contribution < -0.4 is 10.6 Å². The van der Waals surface area contributed by atoms with Crippen LogP contribution in [0, 0.1) is 5.92 Å². The maximum atomic E-state index is 4.72. The summed E-state index contributed by atoms with van der Waals surface area (Å²) in [4.78, 5) is 4.72. The molecule has 2 rings (SSSR count). The number of nitrogens with one attached hydrogen (secondary N) is 2. The van der Waals surface area contributed by atoms with Crippen LogP contribution in [0.3, 0.4) is 0 Å². The molecule has 2 aromatic rings. The molecule has 6 nitrogen and oxygen atoms in total. The van der Waals surface area contributed by atoms with E-state index in [0.29, 0.717) is 5.92 Å². The molecule has 150 valence electrons. The van der Waals surface area contributed by atoms with Gasteiger partial charge in [0.15, 0.2) is 5.96 Å². The highest BCUT2D eigenvalue weighted by Crippen LogP contribution is 2.22. The molecule has 1 unspecified atom stereocenters. The molecule has 2 N–H and O–H groups in total. The van der Waals surface area contributed by atoms with Crippen molar-refractivity contribution in [3.05, 3.63) is 46.5 Å². The number of halogens is 2. The molecule has 8 heteroatoms. The van der Waals surface area contributed by atoms with Crippen LogP contribution in [0.1, 0.15) is 45.1 Å². The molecule has 1 heterocycles. The van der Waals surface area contributed by atoms with Crippen LogP contribution in [0.5, 0.6) is 0 Å². The normalized spacial score (nSPS) is 12.6. The molecular weight excluding hydrogens is 519 g/mol. The summed E-state index contributed by atoms with van der Waals surface area (Å²) >= 11 is 3.63. The third kappa shape index (κ3) is 7.77. The highest BCUT2D eigenvalue weighted by Gasteiger charge is 2.11. The molecule has 0 spiro atoms. The average Bonchev–Trinajstić information content (AvgIpc) is 3.07. The third-order valence-corrected chi connectivity index (χ3v) is 4.72. The lowest BCUT2D eigenvalue weighted by Gasteiger charge is -2.20. The molecule has 0 saturated carbocycles. The van der Waals surface area contributed by atoms with E-state index in [9.17, 15) is 0 Å². The zero-order valence-corrected chi connectivity index (χ0v) is 20.4. The Morgan fingerprint density at radius 1 is 1.26 bits per heavy atom. The van der Waals surface area contributed by atoms with Crippen molar-refractivity contribution in [3.8, 4) is 0 Å². The number of aryl methyl sites for hydroxylation is 1. The largest absolute Gasteiger partial charge is 0.355 e. The lowest BCUT2D eigenvalue weighted by atomic mass is 10.1. The molecule has 0 saturated heterocycles. The minimum absolute atomic E-state index is 0. The second-order valence-corrected chi connectivity index (χ2v) is 7.55. The lowest BCUT2D eigenvalue weighted by molar-refractivity contribution is 0.609. The van der Waals surface area contributed by atoms with Crippen molar-refractivity contribution in [3.63, 3.8) is 0 Å². The predicted molar refractivity (Wildman–Crippen MR) is 126 cm³/mol. The highest BCUT2D eigenvalue weighted by atomic mass is 127. The smallest absolute Gasteiger partial charge is 0.191 e. The third-order valence-electron chi connectivity index (χ3n) is 4.00. The highest BCUT2D eigenvalue weighted by molar-refractivity contribution is 14.0. The topological polar surface area (TPSA) is 67.1 Å². The lowest BCUT2D eigenvalue weighted by Crippen LogP contribution is -2.40. The molecule has 0 fully saturated rings. The number of benzene rings is 1. The van der Waals surface area contributed by atoms with Crippen LogP contribution in [-0.2, 0) is 13.0 Å². The van der Waals surface area contributed by atoms with Crippen molar-refractivity contribution < 1.29 is 0 Å². The Kier molecular flexibility index (Phi) is 10.9. The molecule has 0 bridgehead atoms. The zero-order chi connectivity index (χ0) is 18.9. The van der Waals surface area contributed by atoms with Gasteiger partial charge in [-0.2, -0.15) is 0 Å². The molecule has 1 aromatic heterocycles. The van der Waals surface area contributed by atoms with E-state index in [0.717, 1.165) is 42.3 Å². The van der Waals surface area contributed by atoms with Crippen LogP contribution in [0.2, 0.25) is 0 Å². The zero-order valence-electron chi connectivity index (χ0n) is 16.4. The Balaban J connectivity index is 0.00000364. The Bertz CT molecular complexity index is 716. The summed E-state index contributed by atoms with van der Waals surface area (Å²) in [5.41, 5.74) is 1.21. The standard InChI is InChI=1S/C19H29BrN6.HI/c1-5-18-25-23-13-26(18)11-10-21-19(22-12-14(2)3)24-15(4)16-8-6-7-9-17(16)20;/h6-9,13-15H,5,10-12H2,1-4H3,(H2,21,22,24);1H. The first-order valence-corrected chi connectivity index (χ1v) is 9.96. The van der Waals surface area contributed by atoms with E-state index in [1.54, 1.807) is 6.33 Å². The minimum Gasteiger partial charge on any atom is -0.355 e. The van der Waals surface area contributed by atoms with E-state index in [4.69, 9.17) is 4.99 Å². The van der Waals surface area contributed by atoms with Gasteiger partial charge in [0.2, 0.25) is 0 Å². The first kappa shape index (κ1) is 23.9. The Morgan fingerprint density at radius 2 is 2.00 bits per heavy atom. The summed E-state index contributed by atoms with van der Waals surface area (Å²) in [7, 11) is 0. The van der Waals surface area contributed by atoms with Gasteiger partial charge in [0.05, 0.1) is 6.04 Å². The van der Waals surface area contributed by atoms with E-state index in [1.807, 2.05) is 6.07 Å². The SMILES string of the molecule is CCc1nncn1CCNC(=NCC(C)C)NC(C)c1ccccc1Br.I. The van der Waals surface area contributed by atoms with Gasteiger partial charge in [-0.05, 0) is 24.5 Å². The summed E-state index contributed by atoms with van der Waals surface area (Å²) in [6.07, 6.45) is 2.66. The number of guanidine groups is 1. The predicted octanol–water partition coefficient (Wildman–Crippen LogP) is 4.17. The molecule has 0 radical (unpaired) electrons. The molecular formula is C19H30BrIN6. The van der Waals surface area contributed by atoms with Crippen molar-refractivity contribution in [1.29, 1.82) is 0 Å². The summed E-state index contributed by atoms with van der Waals surface area (Å²) in [5, 5.41) is 15.0. The van der Waals surface area contributed by atoms with Gasteiger partial charge in [0.1, 0.15) is 12.2 Å². The second kappa shape index (κ2) is 12.3. The van der Waals surface area contributed by atoms with Crippen LogP contribution in [0.4, 0.5) is 0 Å². The Labute approximate surface area is 187 Å². The van der Waals surface area contributed by atoms with Gasteiger partial charge < -0.3 is 15.2 Å². The van der Waals surface area contributed by atoms with Gasteiger partial charge in [-0.1, -0.05) is 54.9 Å². The van der Waals surface area contributed by atoms with Gasteiger partial charge in [-0.25, -0.2) is 0 Å². The fourth-order valence-corrected chi connectivity index (χ4v) is 3.20. The molecule has 0 aliphatic heterocycles. The number of nitrogens with zero attached hydrogens (tertiary/aromatic N) is 4. The maximum Gasteiger partial charge on any atom is 0.191 e. The van der Waals surface area contributed by atoms with Crippen LogP contribution >= 0.6 is 39.9 Å². The van der Waals surface area contributed by atoms with Gasteiger partial charge in [0.25, 0.3) is 0 Å². The van der Waals surface area contributed by atoms with E-state index < -0.39 is 0 Å². The summed E-state index contributed by atoms with van der Waals surface area (Å²) in [5.74, 6) is 2.34. The molecule has 27 heavy (non-hydrogen) atoms. The van der Waals surface area contributed by atoms with E-state index in [-0.39, 0.29) is 30.0 Å². The van der Waals surface area contributed by atoms with Crippen molar-refractivity contribution in [2.45, 2.75) is 46.7 Å². The number of aromatic nitrogens is 3. The Hall–Kier alpha value is -1.16. The van der Waals surface area contributed by atoms with Gasteiger partial charge in [-0.3, -0.25) is 4.99 Å². The molecule has 0 aliphatic carbocycles. The summed E-state index contributed by atoms with van der Waals surface area (Å²) in [6, 6.07) is 8.40. The number of hydrogen-bond acceptors (Lipinski definition) is 3. The fourth-order valence-electron chi connectivity index (χ4n) is 2.57. The Morgan fingerprint density at radius 3 is 2.67 bits per heavy atom. The van der Waals surface area contributed by atoms with Crippen LogP contribution in [0.15, 0.2) is 40.1 Å². The number of aliphatic imine (C=N–C) groups is 1. The number of rotatable bonds is 8. The van der Waals surface area contributed by atoms with Gasteiger partial charge in [-0.15, -0.1) is 34.2 Å². The van der Waals surface area contributed by atoms with E-state index in [2.05, 4.69) is 87.2 Å². The van der Waals surface area contributed by atoms with E-state index >= 15 is 0 Å². The number of hydrogen-bond donors (Lipinski definition) is 2. The quantitative estimate of drug-likeness (QED) is 0.295. The molecule has 0 aliphatic rings. The molecule has 1 atom stereocenters. The maximum absolute atomic E-state index is 4.72. The van der Waals surface area contributed by atoms with E-state index in [1.165, 1.54) is 5.56 Å². The summed E-state index contributed by atoms with van der Waals surface area (Å²) < 4.78 is 3.17. The van der Waals surface area contributed by atoms with Crippen molar-refractivity contribution in [2.24, 2.45) is 10.9 Å². The van der Waals surface area contributed by atoms with Gasteiger partial charge >= 0.3 is 0 Å². The molecule has 1 aromatic carbocycles. The van der Waals surface area contributed by atoms with Crippen LogP contribution in [-0.4, -0.2) is 33.8 Å². The first-order valence-electron chi connectivity index (χ1n) is 9.17.